The van der Waals surface area contributed by atoms with Crippen molar-refractivity contribution in [1.82, 2.24) is 4.90 Å². The van der Waals surface area contributed by atoms with Crippen LogP contribution in [0.15, 0.2) is 18.2 Å². The molecule has 2 rings (SSSR count). The van der Waals surface area contributed by atoms with Crippen LogP contribution >= 0.6 is 22.6 Å². The van der Waals surface area contributed by atoms with E-state index < -0.39 is 18.0 Å². The molecule has 1 aliphatic rings. The Morgan fingerprint density at radius 2 is 2.21 bits per heavy atom. The van der Waals surface area contributed by atoms with E-state index in [1.807, 2.05) is 22.6 Å². The zero-order chi connectivity index (χ0) is 14.0. The van der Waals surface area contributed by atoms with Crippen LogP contribution in [0, 0.1) is 9.39 Å². The summed E-state index contributed by atoms with van der Waals surface area (Å²) in [5.74, 6) is -1.38. The molecular formula is C12H12FIN2O3. The molecule has 2 N–H and O–H groups in total. The van der Waals surface area contributed by atoms with Crippen LogP contribution < -0.4 is 5.32 Å². The van der Waals surface area contributed by atoms with Crippen LogP contribution in [-0.2, 0) is 4.79 Å². The summed E-state index contributed by atoms with van der Waals surface area (Å²) in [5.41, 5.74) is 0.475. The van der Waals surface area contributed by atoms with Gasteiger partial charge in [0.2, 0.25) is 0 Å². The Morgan fingerprint density at radius 1 is 1.47 bits per heavy atom. The number of amides is 2. The van der Waals surface area contributed by atoms with Gasteiger partial charge in [-0.3, -0.25) is 0 Å². The maximum Gasteiger partial charge on any atom is 0.326 e. The minimum absolute atomic E-state index is 0.382. The molecule has 0 unspecified atom stereocenters. The van der Waals surface area contributed by atoms with E-state index >= 15 is 0 Å². The third kappa shape index (κ3) is 3.14. The number of carboxylic acid groups (broad SMARTS) is 1. The van der Waals surface area contributed by atoms with Gasteiger partial charge in [0, 0.05) is 10.1 Å². The normalized spacial score (nSPS) is 18.4. The van der Waals surface area contributed by atoms with Crippen molar-refractivity contribution in [2.75, 3.05) is 11.9 Å². The number of anilines is 1. The average Bonchev–Trinajstić information content (AvgIpc) is 2.82. The van der Waals surface area contributed by atoms with Gasteiger partial charge in [-0.25, -0.2) is 14.0 Å². The largest absolute Gasteiger partial charge is 0.480 e. The lowest BCUT2D eigenvalue weighted by Gasteiger charge is -2.22. The molecule has 1 fully saturated rings. The Labute approximate surface area is 122 Å². The van der Waals surface area contributed by atoms with Crippen molar-refractivity contribution in [2.24, 2.45) is 0 Å². The summed E-state index contributed by atoms with van der Waals surface area (Å²) >= 11 is 1.91. The molecule has 1 heterocycles. The maximum absolute atomic E-state index is 12.9. The van der Waals surface area contributed by atoms with Crippen molar-refractivity contribution in [3.8, 4) is 0 Å². The van der Waals surface area contributed by atoms with Gasteiger partial charge < -0.3 is 15.3 Å². The molecule has 1 atom stereocenters. The summed E-state index contributed by atoms with van der Waals surface area (Å²) in [5, 5.41) is 11.6. The van der Waals surface area contributed by atoms with E-state index in [4.69, 9.17) is 5.11 Å². The van der Waals surface area contributed by atoms with E-state index in [2.05, 4.69) is 5.32 Å². The van der Waals surface area contributed by atoms with Crippen LogP contribution in [0.5, 0.6) is 0 Å². The lowest BCUT2D eigenvalue weighted by atomic mass is 10.2. The fourth-order valence-electron chi connectivity index (χ4n) is 2.04. The lowest BCUT2D eigenvalue weighted by molar-refractivity contribution is -0.141. The summed E-state index contributed by atoms with van der Waals surface area (Å²) in [7, 11) is 0. The molecule has 1 saturated heterocycles. The number of halogens is 2. The number of hydrogen-bond acceptors (Lipinski definition) is 2. The van der Waals surface area contributed by atoms with Gasteiger partial charge in [-0.15, -0.1) is 0 Å². The van der Waals surface area contributed by atoms with Gasteiger partial charge >= 0.3 is 12.0 Å². The number of carboxylic acids is 1. The number of carbonyl (C=O) groups excluding carboxylic acids is 1. The molecule has 1 aromatic carbocycles. The second-order valence-corrected chi connectivity index (χ2v) is 5.41. The first-order valence-corrected chi connectivity index (χ1v) is 6.82. The minimum Gasteiger partial charge on any atom is -0.480 e. The monoisotopic (exact) mass is 378 g/mol. The summed E-state index contributed by atoms with van der Waals surface area (Å²) in [4.78, 5) is 24.3. The molecule has 19 heavy (non-hydrogen) atoms. The number of carbonyl (C=O) groups is 2. The number of urea groups is 1. The second kappa shape index (κ2) is 5.72. The third-order valence-corrected chi connectivity index (χ3v) is 3.86. The van der Waals surface area contributed by atoms with Crippen LogP contribution in [0.2, 0.25) is 0 Å². The van der Waals surface area contributed by atoms with Crippen molar-refractivity contribution in [3.63, 3.8) is 0 Å². The highest BCUT2D eigenvalue weighted by molar-refractivity contribution is 14.1. The Morgan fingerprint density at radius 3 is 2.84 bits per heavy atom. The zero-order valence-corrected chi connectivity index (χ0v) is 12.1. The highest BCUT2D eigenvalue weighted by atomic mass is 127. The highest BCUT2D eigenvalue weighted by Crippen LogP contribution is 2.22. The van der Waals surface area contributed by atoms with Gasteiger partial charge in [0.05, 0.1) is 5.69 Å². The number of likely N-dealkylation sites (tertiary alicyclic amines) is 1. The quantitative estimate of drug-likeness (QED) is 0.778. The first kappa shape index (κ1) is 14.0. The van der Waals surface area contributed by atoms with Crippen LogP contribution in [-0.4, -0.2) is 34.6 Å². The molecule has 0 bridgehead atoms. The van der Waals surface area contributed by atoms with Crippen LogP contribution in [0.1, 0.15) is 12.8 Å². The molecule has 0 aromatic heterocycles. The van der Waals surface area contributed by atoms with E-state index in [0.29, 0.717) is 28.6 Å². The Kier molecular flexibility index (Phi) is 4.23. The molecule has 0 saturated carbocycles. The van der Waals surface area contributed by atoms with Crippen LogP contribution in [0.25, 0.3) is 0 Å². The molecule has 0 radical (unpaired) electrons. The van der Waals surface area contributed by atoms with Gasteiger partial charge in [-0.2, -0.15) is 0 Å². The van der Waals surface area contributed by atoms with Gasteiger partial charge in [0.1, 0.15) is 11.9 Å². The second-order valence-electron chi connectivity index (χ2n) is 4.24. The van der Waals surface area contributed by atoms with E-state index in [0.717, 1.165) is 0 Å². The number of hydrogen-bond donors (Lipinski definition) is 2. The van der Waals surface area contributed by atoms with Crippen LogP contribution in [0.4, 0.5) is 14.9 Å². The molecule has 2 amide bonds. The lowest BCUT2D eigenvalue weighted by Crippen LogP contribution is -2.42. The number of nitrogens with zero attached hydrogens (tertiary/aromatic N) is 1. The minimum atomic E-state index is -0.999. The van der Waals surface area contributed by atoms with E-state index in [1.54, 1.807) is 0 Å². The van der Waals surface area contributed by atoms with Crippen molar-refractivity contribution in [1.29, 1.82) is 0 Å². The van der Waals surface area contributed by atoms with Gasteiger partial charge in [0.25, 0.3) is 0 Å². The molecule has 1 aromatic rings. The molecule has 5 nitrogen and oxygen atoms in total. The SMILES string of the molecule is O=C(O)[C@H]1CCCN1C(=O)Nc1ccc(F)cc1I. The Bertz CT molecular complexity index is 524. The molecule has 1 aliphatic heterocycles. The van der Waals surface area contributed by atoms with Gasteiger partial charge in [0.15, 0.2) is 0 Å². The first-order valence-electron chi connectivity index (χ1n) is 5.74. The zero-order valence-electron chi connectivity index (χ0n) is 9.90. The summed E-state index contributed by atoms with van der Waals surface area (Å²) < 4.78 is 13.5. The van der Waals surface area contributed by atoms with Crippen molar-refractivity contribution < 1.29 is 19.1 Å². The van der Waals surface area contributed by atoms with Gasteiger partial charge in [-0.05, 0) is 53.6 Å². The van der Waals surface area contributed by atoms with Gasteiger partial charge in [-0.1, -0.05) is 0 Å². The average molecular weight is 378 g/mol. The smallest absolute Gasteiger partial charge is 0.326 e. The Hall–Kier alpha value is -1.38. The summed E-state index contributed by atoms with van der Waals surface area (Å²) in [6.07, 6.45) is 1.13. The van der Waals surface area contributed by atoms with E-state index in [-0.39, 0.29) is 5.82 Å². The van der Waals surface area contributed by atoms with E-state index in [1.165, 1.54) is 23.1 Å². The number of aliphatic carboxylic acids is 1. The fraction of sp³-hybridized carbons (Fsp3) is 0.333. The standard InChI is InChI=1S/C12H12FIN2O3/c13-7-3-4-9(8(14)6-7)15-12(19)16-5-1-2-10(16)11(17)18/h3-4,6,10H,1-2,5H2,(H,15,19)(H,17,18)/t10-/m1/s1. The Balaban J connectivity index is 2.10. The molecule has 0 spiro atoms. The molecule has 0 aliphatic carbocycles. The van der Waals surface area contributed by atoms with E-state index in [9.17, 15) is 14.0 Å². The van der Waals surface area contributed by atoms with Crippen molar-refractivity contribution in [3.05, 3.63) is 27.6 Å². The topological polar surface area (TPSA) is 69.6 Å². The van der Waals surface area contributed by atoms with Crippen LogP contribution in [0.3, 0.4) is 0 Å². The number of nitrogens with one attached hydrogen (secondary N) is 1. The fourth-order valence-corrected chi connectivity index (χ4v) is 2.66. The molecule has 7 heteroatoms. The predicted octanol–water partition coefficient (Wildman–Crippen LogP) is 2.51. The van der Waals surface area contributed by atoms with Crippen molar-refractivity contribution in [2.45, 2.75) is 18.9 Å². The highest BCUT2D eigenvalue weighted by Gasteiger charge is 2.34. The molecular weight excluding hydrogens is 366 g/mol. The summed E-state index contributed by atoms with van der Waals surface area (Å²) in [6.45, 7) is 0.417. The number of rotatable bonds is 2. The predicted molar refractivity (Wildman–Crippen MR) is 75.5 cm³/mol. The van der Waals surface area contributed by atoms with Crippen molar-refractivity contribution >= 4 is 40.3 Å². The maximum atomic E-state index is 12.9. The third-order valence-electron chi connectivity index (χ3n) is 2.97. The summed E-state index contributed by atoms with van der Waals surface area (Å²) in [6, 6.07) is 2.76. The number of benzene rings is 1. The molecule has 102 valence electrons. The first-order chi connectivity index (χ1) is 8.99.